The summed E-state index contributed by atoms with van der Waals surface area (Å²) in [5.74, 6) is 1.13. The van der Waals surface area contributed by atoms with Crippen LogP contribution in [-0.2, 0) is 0 Å². The molecule has 1 nitrogen and oxygen atoms in total. The molecule has 3 fully saturated rings. The molecule has 0 radical (unpaired) electrons. The van der Waals surface area contributed by atoms with Crippen molar-refractivity contribution in [2.75, 3.05) is 6.54 Å². The van der Waals surface area contributed by atoms with E-state index in [2.05, 4.69) is 5.32 Å². The maximum atomic E-state index is 3.62. The van der Waals surface area contributed by atoms with Crippen LogP contribution in [0.1, 0.15) is 32.1 Å². The Labute approximate surface area is 62.2 Å². The molecule has 0 bridgehead atoms. The summed E-state index contributed by atoms with van der Waals surface area (Å²) in [7, 11) is 0. The monoisotopic (exact) mass is 137 g/mol. The first-order valence-electron chi connectivity index (χ1n) is 4.65. The molecule has 1 heterocycles. The van der Waals surface area contributed by atoms with Crippen molar-refractivity contribution in [1.29, 1.82) is 0 Å². The predicted octanol–water partition coefficient (Wildman–Crippen LogP) is 1.54. The zero-order chi connectivity index (χ0) is 6.60. The number of hydrogen-bond acceptors (Lipinski definition) is 1. The molecular weight excluding hydrogens is 122 g/mol. The van der Waals surface area contributed by atoms with Crippen molar-refractivity contribution in [2.45, 2.75) is 38.1 Å². The van der Waals surface area contributed by atoms with Crippen LogP contribution < -0.4 is 5.32 Å². The third kappa shape index (κ3) is 0.430. The topological polar surface area (TPSA) is 12.0 Å². The van der Waals surface area contributed by atoms with Crippen LogP contribution in [-0.4, -0.2) is 12.6 Å². The van der Waals surface area contributed by atoms with Crippen molar-refractivity contribution in [2.24, 2.45) is 11.3 Å². The quantitative estimate of drug-likeness (QED) is 0.534. The summed E-state index contributed by atoms with van der Waals surface area (Å²) in [5.41, 5.74) is 0.833. The number of hydrogen-bond donors (Lipinski definition) is 1. The molecule has 3 aliphatic rings. The van der Waals surface area contributed by atoms with Gasteiger partial charge in [-0.3, -0.25) is 0 Å². The van der Waals surface area contributed by atoms with E-state index in [1.165, 1.54) is 38.6 Å². The fraction of sp³-hybridized carbons (Fsp3) is 1.00. The summed E-state index contributed by atoms with van der Waals surface area (Å²) in [6, 6.07) is 0.944. The van der Waals surface area contributed by atoms with Crippen LogP contribution in [0.3, 0.4) is 0 Å². The summed E-state index contributed by atoms with van der Waals surface area (Å²) in [6.45, 7) is 1.31. The Hall–Kier alpha value is -0.0400. The van der Waals surface area contributed by atoms with Gasteiger partial charge in [0.25, 0.3) is 0 Å². The molecular formula is C9H15N. The van der Waals surface area contributed by atoms with E-state index in [1.54, 1.807) is 0 Å². The second kappa shape index (κ2) is 1.58. The van der Waals surface area contributed by atoms with Gasteiger partial charge in [0, 0.05) is 6.04 Å². The van der Waals surface area contributed by atoms with E-state index in [-0.39, 0.29) is 0 Å². The first-order valence-corrected chi connectivity index (χ1v) is 4.65. The van der Waals surface area contributed by atoms with Gasteiger partial charge in [-0.1, -0.05) is 6.42 Å². The zero-order valence-corrected chi connectivity index (χ0v) is 6.40. The smallest absolute Gasteiger partial charge is 0.0129 e. The van der Waals surface area contributed by atoms with Crippen LogP contribution in [0.2, 0.25) is 0 Å². The van der Waals surface area contributed by atoms with Crippen LogP contribution in [0, 0.1) is 11.3 Å². The lowest BCUT2D eigenvalue weighted by Gasteiger charge is -2.48. The van der Waals surface area contributed by atoms with E-state index in [9.17, 15) is 0 Å². The fourth-order valence-corrected chi connectivity index (χ4v) is 3.61. The minimum absolute atomic E-state index is 0.833. The summed E-state index contributed by atoms with van der Waals surface area (Å²) in [4.78, 5) is 0. The first-order chi connectivity index (χ1) is 4.92. The van der Waals surface area contributed by atoms with Gasteiger partial charge in [-0.15, -0.1) is 0 Å². The van der Waals surface area contributed by atoms with Crippen LogP contribution in [0.5, 0.6) is 0 Å². The van der Waals surface area contributed by atoms with Crippen molar-refractivity contribution < 1.29 is 0 Å². The van der Waals surface area contributed by atoms with Gasteiger partial charge in [-0.2, -0.15) is 0 Å². The van der Waals surface area contributed by atoms with Gasteiger partial charge < -0.3 is 5.32 Å². The standard InChI is InChI=1S/C9H15N/c1-2-7-6-8-9(7,3-1)4-5-10-8/h7-8,10H,1-6H2. The van der Waals surface area contributed by atoms with Gasteiger partial charge in [0.15, 0.2) is 0 Å². The fourth-order valence-electron chi connectivity index (χ4n) is 3.61. The van der Waals surface area contributed by atoms with Crippen molar-refractivity contribution >= 4 is 0 Å². The van der Waals surface area contributed by atoms with Crippen molar-refractivity contribution in [1.82, 2.24) is 5.32 Å². The maximum absolute atomic E-state index is 3.62. The molecule has 0 aromatic carbocycles. The van der Waals surface area contributed by atoms with Crippen LogP contribution >= 0.6 is 0 Å². The van der Waals surface area contributed by atoms with Crippen molar-refractivity contribution in [3.63, 3.8) is 0 Å². The Morgan fingerprint density at radius 2 is 2.30 bits per heavy atom. The van der Waals surface area contributed by atoms with Gasteiger partial charge in [0.05, 0.1) is 0 Å². The van der Waals surface area contributed by atoms with Gasteiger partial charge in [-0.25, -0.2) is 0 Å². The highest BCUT2D eigenvalue weighted by atomic mass is 15.0. The Bertz CT molecular complexity index is 146. The molecule has 1 heteroatoms. The third-order valence-corrected chi connectivity index (χ3v) is 4.20. The molecule has 3 unspecified atom stereocenters. The summed E-state index contributed by atoms with van der Waals surface area (Å²) >= 11 is 0. The minimum Gasteiger partial charge on any atom is -0.313 e. The van der Waals surface area contributed by atoms with Crippen LogP contribution in [0.25, 0.3) is 0 Å². The second-order valence-electron chi connectivity index (χ2n) is 4.31. The average molecular weight is 137 g/mol. The van der Waals surface area contributed by atoms with Crippen LogP contribution in [0.15, 0.2) is 0 Å². The highest BCUT2D eigenvalue weighted by Crippen LogP contribution is 2.61. The molecule has 3 atom stereocenters. The van der Waals surface area contributed by atoms with E-state index in [0.717, 1.165) is 17.4 Å². The highest BCUT2D eigenvalue weighted by molar-refractivity contribution is 5.12. The molecule has 1 N–H and O–H groups in total. The molecule has 56 valence electrons. The molecule has 10 heavy (non-hydrogen) atoms. The third-order valence-electron chi connectivity index (χ3n) is 4.20. The largest absolute Gasteiger partial charge is 0.313 e. The van der Waals surface area contributed by atoms with Gasteiger partial charge in [0.1, 0.15) is 0 Å². The second-order valence-corrected chi connectivity index (χ2v) is 4.31. The Morgan fingerprint density at radius 3 is 3.10 bits per heavy atom. The summed E-state index contributed by atoms with van der Waals surface area (Å²) < 4.78 is 0. The summed E-state index contributed by atoms with van der Waals surface area (Å²) in [6.07, 6.45) is 7.58. The SMILES string of the molecule is C1CC2CC3NCCC23C1. The van der Waals surface area contributed by atoms with Gasteiger partial charge in [0.2, 0.25) is 0 Å². The van der Waals surface area contributed by atoms with E-state index in [4.69, 9.17) is 0 Å². The molecule has 0 amide bonds. The molecule has 3 rings (SSSR count). The van der Waals surface area contributed by atoms with E-state index >= 15 is 0 Å². The van der Waals surface area contributed by atoms with Crippen molar-refractivity contribution in [3.8, 4) is 0 Å². The summed E-state index contributed by atoms with van der Waals surface area (Å²) in [5, 5.41) is 3.62. The molecule has 1 saturated heterocycles. The zero-order valence-electron chi connectivity index (χ0n) is 6.40. The normalized spacial score (nSPS) is 57.6. The lowest BCUT2D eigenvalue weighted by molar-refractivity contribution is 0.0478. The van der Waals surface area contributed by atoms with Gasteiger partial charge >= 0.3 is 0 Å². The van der Waals surface area contributed by atoms with E-state index in [0.29, 0.717) is 0 Å². The van der Waals surface area contributed by atoms with Crippen LogP contribution in [0.4, 0.5) is 0 Å². The average Bonchev–Trinajstić information content (AvgIpc) is 2.41. The first kappa shape index (κ1) is 5.59. The molecule has 1 aliphatic heterocycles. The molecule has 0 aromatic rings. The van der Waals surface area contributed by atoms with E-state index < -0.39 is 0 Å². The van der Waals surface area contributed by atoms with Crippen molar-refractivity contribution in [3.05, 3.63) is 0 Å². The maximum Gasteiger partial charge on any atom is 0.0129 e. The molecule has 1 spiro atoms. The Balaban J connectivity index is 1.95. The minimum atomic E-state index is 0.833. The Morgan fingerprint density at radius 1 is 1.30 bits per heavy atom. The molecule has 0 aromatic heterocycles. The Kier molecular flexibility index (Phi) is 0.883. The van der Waals surface area contributed by atoms with Gasteiger partial charge in [-0.05, 0) is 43.6 Å². The molecule has 2 saturated carbocycles. The number of rotatable bonds is 0. The lowest BCUT2D eigenvalue weighted by atomic mass is 9.59. The number of nitrogens with one attached hydrogen (secondary N) is 1. The lowest BCUT2D eigenvalue weighted by Crippen LogP contribution is -2.50. The highest BCUT2D eigenvalue weighted by Gasteiger charge is 2.58. The van der Waals surface area contributed by atoms with E-state index in [1.807, 2.05) is 0 Å². The molecule has 2 aliphatic carbocycles. The predicted molar refractivity (Wildman–Crippen MR) is 40.8 cm³/mol.